The average Bonchev–Trinajstić information content (AvgIpc) is 2.82. The molecule has 5 nitrogen and oxygen atoms in total. The number of anilines is 1. The summed E-state index contributed by atoms with van der Waals surface area (Å²) in [4.78, 5) is 10.6. The van der Waals surface area contributed by atoms with Crippen LogP contribution in [0.2, 0.25) is 5.02 Å². The molecular formula is C14H14ClN5. The van der Waals surface area contributed by atoms with Crippen molar-refractivity contribution in [3.63, 3.8) is 0 Å². The number of hydrogen-bond donors (Lipinski definition) is 0. The molecule has 0 aliphatic carbocycles. The van der Waals surface area contributed by atoms with Crippen LogP contribution in [-0.4, -0.2) is 33.8 Å². The van der Waals surface area contributed by atoms with Gasteiger partial charge in [-0.15, -0.1) is 0 Å². The van der Waals surface area contributed by atoms with Gasteiger partial charge in [-0.25, -0.2) is 14.6 Å². The predicted octanol–water partition coefficient (Wildman–Crippen LogP) is 2.84. The van der Waals surface area contributed by atoms with E-state index in [2.05, 4.69) is 15.1 Å². The first-order chi connectivity index (χ1) is 9.58. The Balaban J connectivity index is 2.25. The van der Waals surface area contributed by atoms with Crippen molar-refractivity contribution in [1.29, 1.82) is 0 Å². The molecule has 0 amide bonds. The Labute approximate surface area is 121 Å². The first-order valence-corrected chi connectivity index (χ1v) is 6.58. The van der Waals surface area contributed by atoms with Gasteiger partial charge in [-0.2, -0.15) is 5.10 Å². The lowest BCUT2D eigenvalue weighted by Crippen LogP contribution is -2.11. The Morgan fingerprint density at radius 1 is 1.20 bits per heavy atom. The third-order valence-electron chi connectivity index (χ3n) is 3.16. The van der Waals surface area contributed by atoms with Gasteiger partial charge in [0.2, 0.25) is 0 Å². The van der Waals surface area contributed by atoms with Crippen LogP contribution in [0.1, 0.15) is 5.56 Å². The van der Waals surface area contributed by atoms with Gasteiger partial charge in [-0.1, -0.05) is 11.6 Å². The molecule has 20 heavy (non-hydrogen) atoms. The van der Waals surface area contributed by atoms with Gasteiger partial charge in [0.25, 0.3) is 0 Å². The topological polar surface area (TPSA) is 46.8 Å². The summed E-state index contributed by atoms with van der Waals surface area (Å²) >= 11 is 6.00. The minimum Gasteiger partial charge on any atom is -0.362 e. The lowest BCUT2D eigenvalue weighted by atomic mass is 10.2. The molecule has 0 bridgehead atoms. The Hall–Kier alpha value is -2.14. The molecule has 3 aromatic rings. The second-order valence-corrected chi connectivity index (χ2v) is 5.25. The molecular weight excluding hydrogens is 274 g/mol. The minimum absolute atomic E-state index is 0.714. The van der Waals surface area contributed by atoms with Crippen molar-refractivity contribution in [3.05, 3.63) is 41.3 Å². The lowest BCUT2D eigenvalue weighted by molar-refractivity contribution is 0.887. The number of aromatic nitrogens is 4. The van der Waals surface area contributed by atoms with Gasteiger partial charge in [0, 0.05) is 19.1 Å². The molecule has 0 unspecified atom stereocenters. The summed E-state index contributed by atoms with van der Waals surface area (Å²) in [5, 5.41) is 6.08. The normalized spacial score (nSPS) is 11.0. The molecule has 0 aliphatic heterocycles. The summed E-state index contributed by atoms with van der Waals surface area (Å²) in [7, 11) is 3.90. The van der Waals surface area contributed by atoms with Crippen molar-refractivity contribution in [1.82, 2.24) is 19.7 Å². The smallest absolute Gasteiger partial charge is 0.168 e. The maximum absolute atomic E-state index is 6.00. The zero-order valence-electron chi connectivity index (χ0n) is 11.5. The van der Waals surface area contributed by atoms with Crippen molar-refractivity contribution < 1.29 is 0 Å². The third-order valence-corrected chi connectivity index (χ3v) is 3.39. The summed E-state index contributed by atoms with van der Waals surface area (Å²) < 4.78 is 1.82. The largest absolute Gasteiger partial charge is 0.362 e. The van der Waals surface area contributed by atoms with Crippen LogP contribution in [0.3, 0.4) is 0 Å². The second-order valence-electron chi connectivity index (χ2n) is 4.82. The van der Waals surface area contributed by atoms with E-state index >= 15 is 0 Å². The molecule has 0 saturated carbocycles. The predicted molar refractivity (Wildman–Crippen MR) is 80.7 cm³/mol. The van der Waals surface area contributed by atoms with E-state index in [4.69, 9.17) is 11.6 Å². The molecule has 6 heteroatoms. The fourth-order valence-corrected chi connectivity index (χ4v) is 2.45. The highest BCUT2D eigenvalue weighted by Crippen LogP contribution is 2.25. The van der Waals surface area contributed by atoms with Crippen LogP contribution >= 0.6 is 11.6 Å². The maximum atomic E-state index is 6.00. The number of fused-ring (bicyclic) bond motifs is 1. The van der Waals surface area contributed by atoms with Crippen LogP contribution in [0.5, 0.6) is 0 Å². The van der Waals surface area contributed by atoms with Crippen LogP contribution in [0.4, 0.5) is 5.82 Å². The first kappa shape index (κ1) is 12.9. The fourth-order valence-electron chi connectivity index (χ4n) is 2.22. The molecule has 0 spiro atoms. The quantitative estimate of drug-likeness (QED) is 0.727. The summed E-state index contributed by atoms with van der Waals surface area (Å²) in [6.45, 7) is 2.00. The number of nitrogens with zero attached hydrogens (tertiary/aromatic N) is 5. The number of benzene rings is 1. The monoisotopic (exact) mass is 287 g/mol. The van der Waals surface area contributed by atoms with Crippen molar-refractivity contribution in [2.45, 2.75) is 6.92 Å². The fraction of sp³-hybridized carbons (Fsp3) is 0.214. The van der Waals surface area contributed by atoms with Gasteiger partial charge in [0.05, 0.1) is 17.3 Å². The number of hydrogen-bond acceptors (Lipinski definition) is 4. The minimum atomic E-state index is 0.714. The van der Waals surface area contributed by atoms with E-state index in [-0.39, 0.29) is 0 Å². The summed E-state index contributed by atoms with van der Waals surface area (Å²) in [6, 6.07) is 5.71. The molecule has 102 valence electrons. The van der Waals surface area contributed by atoms with Gasteiger partial charge in [-0.05, 0) is 30.7 Å². The number of rotatable bonds is 2. The number of aryl methyl sites for hydroxylation is 1. The molecule has 2 aromatic heterocycles. The van der Waals surface area contributed by atoms with Crippen molar-refractivity contribution in [2.75, 3.05) is 19.0 Å². The summed E-state index contributed by atoms with van der Waals surface area (Å²) in [5.74, 6) is 0.855. The Morgan fingerprint density at radius 2 is 2.00 bits per heavy atom. The molecule has 0 fully saturated rings. The van der Waals surface area contributed by atoms with Crippen LogP contribution in [0.15, 0.2) is 30.7 Å². The van der Waals surface area contributed by atoms with Crippen LogP contribution in [0.25, 0.3) is 16.7 Å². The van der Waals surface area contributed by atoms with Crippen molar-refractivity contribution in [2.24, 2.45) is 0 Å². The second kappa shape index (κ2) is 4.76. The Bertz CT molecular complexity index is 778. The molecule has 0 atom stereocenters. The molecule has 0 aliphatic rings. The van der Waals surface area contributed by atoms with E-state index < -0.39 is 0 Å². The molecule has 3 rings (SSSR count). The maximum Gasteiger partial charge on any atom is 0.168 e. The molecule has 0 N–H and O–H groups in total. The number of halogens is 1. The van der Waals surface area contributed by atoms with Gasteiger partial charge >= 0.3 is 0 Å². The summed E-state index contributed by atoms with van der Waals surface area (Å²) in [5.41, 5.74) is 2.80. The van der Waals surface area contributed by atoms with E-state index in [1.807, 2.05) is 48.8 Å². The first-order valence-electron chi connectivity index (χ1n) is 6.20. The van der Waals surface area contributed by atoms with Crippen molar-refractivity contribution >= 4 is 28.5 Å². The van der Waals surface area contributed by atoms with Crippen LogP contribution < -0.4 is 4.90 Å². The standard InChI is InChI=1S/C14H14ClN5/c1-9-6-10(15)4-5-12(9)20-14-11(7-18-20)13(19(2)3)16-8-17-14/h4-8H,1-3H3. The van der Waals surface area contributed by atoms with Gasteiger partial charge < -0.3 is 4.90 Å². The van der Waals surface area contributed by atoms with E-state index in [9.17, 15) is 0 Å². The highest BCUT2D eigenvalue weighted by Gasteiger charge is 2.13. The highest BCUT2D eigenvalue weighted by molar-refractivity contribution is 6.30. The molecule has 1 aromatic carbocycles. The van der Waals surface area contributed by atoms with Gasteiger partial charge in [-0.3, -0.25) is 0 Å². The van der Waals surface area contributed by atoms with Crippen LogP contribution in [-0.2, 0) is 0 Å². The third kappa shape index (κ3) is 2.00. The summed E-state index contributed by atoms with van der Waals surface area (Å²) in [6.07, 6.45) is 3.35. The van der Waals surface area contributed by atoms with E-state index in [1.165, 1.54) is 0 Å². The van der Waals surface area contributed by atoms with Crippen molar-refractivity contribution in [3.8, 4) is 5.69 Å². The SMILES string of the molecule is Cc1cc(Cl)ccc1-n1ncc2c(N(C)C)ncnc21. The molecule has 0 saturated heterocycles. The zero-order chi connectivity index (χ0) is 14.3. The van der Waals surface area contributed by atoms with Gasteiger partial charge in [0.15, 0.2) is 5.65 Å². The molecule has 2 heterocycles. The van der Waals surface area contributed by atoms with Gasteiger partial charge in [0.1, 0.15) is 12.1 Å². The Kier molecular flexibility index (Phi) is 3.06. The van der Waals surface area contributed by atoms with E-state index in [0.29, 0.717) is 5.02 Å². The molecule has 0 radical (unpaired) electrons. The lowest BCUT2D eigenvalue weighted by Gasteiger charge is -2.12. The Morgan fingerprint density at radius 3 is 2.70 bits per heavy atom. The average molecular weight is 288 g/mol. The van der Waals surface area contributed by atoms with E-state index in [0.717, 1.165) is 28.1 Å². The van der Waals surface area contributed by atoms with E-state index in [1.54, 1.807) is 12.5 Å². The zero-order valence-corrected chi connectivity index (χ0v) is 12.3. The highest BCUT2D eigenvalue weighted by atomic mass is 35.5. The van der Waals surface area contributed by atoms with Crippen LogP contribution in [0, 0.1) is 6.92 Å².